The second-order valence-electron chi connectivity index (χ2n) is 8.55. The predicted molar refractivity (Wildman–Crippen MR) is 136 cm³/mol. The highest BCUT2D eigenvalue weighted by molar-refractivity contribution is 8.18. The van der Waals surface area contributed by atoms with Crippen molar-refractivity contribution < 1.29 is 14.4 Å². The summed E-state index contributed by atoms with van der Waals surface area (Å²) >= 11 is 7.31. The zero-order valence-corrected chi connectivity index (χ0v) is 20.4. The Hall–Kier alpha value is -3.03. The number of nitrogens with zero attached hydrogens (tertiary/aromatic N) is 3. The Morgan fingerprint density at radius 3 is 2.53 bits per heavy atom. The van der Waals surface area contributed by atoms with Crippen LogP contribution in [0.2, 0.25) is 5.02 Å². The molecule has 0 bridgehead atoms. The molecule has 174 valence electrons. The van der Waals surface area contributed by atoms with E-state index in [1.807, 2.05) is 55.5 Å². The normalized spacial score (nSPS) is 17.5. The van der Waals surface area contributed by atoms with E-state index in [9.17, 15) is 14.4 Å². The smallest absolute Gasteiger partial charge is 0.294 e. The number of hydrogen-bond acceptors (Lipinski definition) is 4. The van der Waals surface area contributed by atoms with E-state index >= 15 is 0 Å². The van der Waals surface area contributed by atoms with E-state index in [1.165, 1.54) is 0 Å². The van der Waals surface area contributed by atoms with Gasteiger partial charge in [0, 0.05) is 46.8 Å². The van der Waals surface area contributed by atoms with Crippen LogP contribution in [0.4, 0.5) is 4.79 Å². The van der Waals surface area contributed by atoms with Crippen LogP contribution in [0.1, 0.15) is 29.7 Å². The number of hydrogen-bond donors (Lipinski definition) is 0. The van der Waals surface area contributed by atoms with E-state index < -0.39 is 11.1 Å². The summed E-state index contributed by atoms with van der Waals surface area (Å²) in [7, 11) is 0. The maximum atomic E-state index is 13.1. The number of halogens is 1. The van der Waals surface area contributed by atoms with Crippen LogP contribution in [0.5, 0.6) is 0 Å². The van der Waals surface area contributed by atoms with Crippen LogP contribution in [-0.2, 0) is 16.1 Å². The third kappa shape index (κ3) is 4.14. The molecular formula is C26H24ClN3O3S. The van der Waals surface area contributed by atoms with Gasteiger partial charge in [-0.2, -0.15) is 0 Å². The quantitative estimate of drug-likeness (QED) is 0.452. The Bertz CT molecular complexity index is 1340. The van der Waals surface area contributed by atoms with Crippen LogP contribution < -0.4 is 0 Å². The lowest BCUT2D eigenvalue weighted by molar-refractivity contribution is -0.135. The van der Waals surface area contributed by atoms with E-state index in [2.05, 4.69) is 4.57 Å². The Morgan fingerprint density at radius 2 is 1.76 bits per heavy atom. The Kier molecular flexibility index (Phi) is 6.23. The molecule has 6 nitrogen and oxygen atoms in total. The summed E-state index contributed by atoms with van der Waals surface area (Å²) in [4.78, 5) is 41.3. The summed E-state index contributed by atoms with van der Waals surface area (Å²) in [6.07, 6.45) is 3.71. The number of imide groups is 1. The molecule has 3 amide bonds. The Labute approximate surface area is 207 Å². The molecule has 34 heavy (non-hydrogen) atoms. The first-order chi connectivity index (χ1) is 16.4. The summed E-state index contributed by atoms with van der Waals surface area (Å²) in [6.45, 7) is 3.77. The van der Waals surface area contributed by atoms with Crippen molar-refractivity contribution in [1.29, 1.82) is 0 Å². The number of fused-ring (bicyclic) bond motifs is 1. The van der Waals surface area contributed by atoms with Crippen molar-refractivity contribution in [3.63, 3.8) is 0 Å². The van der Waals surface area contributed by atoms with Crippen LogP contribution in [0.25, 0.3) is 17.0 Å². The predicted octanol–water partition coefficient (Wildman–Crippen LogP) is 5.31. The number of para-hydroxylation sites is 1. The molecule has 0 N–H and O–H groups in total. The zero-order valence-electron chi connectivity index (χ0n) is 18.8. The van der Waals surface area contributed by atoms with E-state index in [0.29, 0.717) is 29.6 Å². The minimum Gasteiger partial charge on any atom is -0.341 e. The lowest BCUT2D eigenvalue weighted by Crippen LogP contribution is -2.40. The molecule has 8 heteroatoms. The van der Waals surface area contributed by atoms with E-state index in [1.54, 1.807) is 11.0 Å². The standard InChI is InChI=1S/C26H24ClN3O3S/c1-17-20(14-23-25(32)30(26(33)34-23)16-24(31)28-12-6-7-13-28)19-9-3-5-11-22(19)29(17)15-18-8-2-4-10-21(18)27/h2-5,8-11,14H,6-7,12-13,15-16H2,1H3/b23-14-. The fourth-order valence-electron chi connectivity index (χ4n) is 4.61. The van der Waals surface area contributed by atoms with Crippen molar-refractivity contribution in [3.8, 4) is 0 Å². The fraction of sp³-hybridized carbons (Fsp3) is 0.269. The maximum Gasteiger partial charge on any atom is 0.294 e. The van der Waals surface area contributed by atoms with Gasteiger partial charge in [0.1, 0.15) is 6.54 Å². The molecule has 2 aliphatic rings. The van der Waals surface area contributed by atoms with Gasteiger partial charge in [0.2, 0.25) is 5.91 Å². The van der Waals surface area contributed by atoms with Crippen LogP contribution >= 0.6 is 23.4 Å². The van der Waals surface area contributed by atoms with Gasteiger partial charge in [-0.25, -0.2) is 0 Å². The summed E-state index contributed by atoms with van der Waals surface area (Å²) in [6, 6.07) is 15.7. The first-order valence-electron chi connectivity index (χ1n) is 11.3. The summed E-state index contributed by atoms with van der Waals surface area (Å²) in [5.74, 6) is -0.585. The molecule has 2 saturated heterocycles. The van der Waals surface area contributed by atoms with Crippen LogP contribution in [0, 0.1) is 6.92 Å². The molecule has 0 aliphatic carbocycles. The van der Waals surface area contributed by atoms with Crippen molar-refractivity contribution in [2.24, 2.45) is 0 Å². The molecule has 0 unspecified atom stereocenters. The zero-order chi connectivity index (χ0) is 23.8. The van der Waals surface area contributed by atoms with E-state index in [-0.39, 0.29) is 12.5 Å². The molecule has 0 atom stereocenters. The van der Waals surface area contributed by atoms with Crippen molar-refractivity contribution in [1.82, 2.24) is 14.4 Å². The molecule has 1 aromatic heterocycles. The average Bonchev–Trinajstić information content (AvgIpc) is 3.52. The first kappa shape index (κ1) is 22.7. The van der Waals surface area contributed by atoms with Gasteiger partial charge in [0.25, 0.3) is 11.1 Å². The van der Waals surface area contributed by atoms with Crippen LogP contribution in [0.3, 0.4) is 0 Å². The first-order valence-corrected chi connectivity index (χ1v) is 12.5. The van der Waals surface area contributed by atoms with Gasteiger partial charge < -0.3 is 9.47 Å². The molecule has 2 fully saturated rings. The molecule has 0 saturated carbocycles. The highest BCUT2D eigenvalue weighted by atomic mass is 35.5. The molecular weight excluding hydrogens is 470 g/mol. The summed E-state index contributed by atoms with van der Waals surface area (Å²) in [5.41, 5.74) is 3.88. The van der Waals surface area contributed by atoms with Gasteiger partial charge in [0.05, 0.1) is 4.91 Å². The van der Waals surface area contributed by atoms with Gasteiger partial charge in [0.15, 0.2) is 0 Å². The number of carbonyl (C=O) groups is 3. The average molecular weight is 494 g/mol. The van der Waals surface area contributed by atoms with E-state index in [0.717, 1.165) is 57.2 Å². The molecule has 3 heterocycles. The van der Waals surface area contributed by atoms with Gasteiger partial charge in [-0.05, 0) is 55.3 Å². The molecule has 3 aromatic rings. The van der Waals surface area contributed by atoms with Crippen molar-refractivity contribution in [2.75, 3.05) is 19.6 Å². The lowest BCUT2D eigenvalue weighted by atomic mass is 10.1. The fourth-order valence-corrected chi connectivity index (χ4v) is 5.63. The minimum atomic E-state index is -0.412. The molecule has 2 aliphatic heterocycles. The van der Waals surface area contributed by atoms with Crippen LogP contribution in [-0.4, -0.2) is 51.1 Å². The lowest BCUT2D eigenvalue weighted by Gasteiger charge is -2.18. The van der Waals surface area contributed by atoms with Gasteiger partial charge in [-0.15, -0.1) is 0 Å². The second-order valence-corrected chi connectivity index (χ2v) is 9.95. The highest BCUT2D eigenvalue weighted by Crippen LogP contribution is 2.36. The largest absolute Gasteiger partial charge is 0.341 e. The number of likely N-dealkylation sites (tertiary alicyclic amines) is 1. The monoisotopic (exact) mass is 493 g/mol. The number of amides is 3. The highest BCUT2D eigenvalue weighted by Gasteiger charge is 2.37. The van der Waals surface area contributed by atoms with Gasteiger partial charge >= 0.3 is 0 Å². The second kappa shape index (κ2) is 9.31. The topological polar surface area (TPSA) is 62.6 Å². The van der Waals surface area contributed by atoms with Crippen molar-refractivity contribution in [2.45, 2.75) is 26.3 Å². The third-order valence-electron chi connectivity index (χ3n) is 6.47. The van der Waals surface area contributed by atoms with Crippen molar-refractivity contribution >= 4 is 57.4 Å². The van der Waals surface area contributed by atoms with Gasteiger partial charge in [-0.3, -0.25) is 19.3 Å². The molecule has 5 rings (SSSR count). The molecule has 2 aromatic carbocycles. The Morgan fingerprint density at radius 1 is 1.06 bits per heavy atom. The molecule has 0 radical (unpaired) electrons. The number of rotatable bonds is 5. The minimum absolute atomic E-state index is 0.173. The maximum absolute atomic E-state index is 13.1. The third-order valence-corrected chi connectivity index (χ3v) is 7.74. The number of carbonyl (C=O) groups excluding carboxylic acids is 3. The Balaban J connectivity index is 1.47. The molecule has 0 spiro atoms. The summed E-state index contributed by atoms with van der Waals surface area (Å²) < 4.78 is 2.17. The SMILES string of the molecule is Cc1c(/C=C2\SC(=O)N(CC(=O)N3CCCC3)C2=O)c2ccccc2n1Cc1ccccc1Cl. The number of thioether (sulfide) groups is 1. The van der Waals surface area contributed by atoms with Crippen LogP contribution in [0.15, 0.2) is 53.4 Å². The van der Waals surface area contributed by atoms with Crippen molar-refractivity contribution in [3.05, 3.63) is 75.3 Å². The summed E-state index contributed by atoms with van der Waals surface area (Å²) in [5, 5.41) is 1.29. The number of benzene rings is 2. The van der Waals surface area contributed by atoms with Gasteiger partial charge in [-0.1, -0.05) is 48.0 Å². The van der Waals surface area contributed by atoms with E-state index in [4.69, 9.17) is 11.6 Å². The number of aromatic nitrogens is 1.